The van der Waals surface area contributed by atoms with Crippen molar-refractivity contribution in [1.82, 2.24) is 14.6 Å². The highest BCUT2D eigenvalue weighted by atomic mass is 32.2. The van der Waals surface area contributed by atoms with Crippen molar-refractivity contribution in [3.8, 4) is 0 Å². The number of aromatic nitrogens is 1. The minimum absolute atomic E-state index is 0.0569. The largest absolute Gasteiger partial charge is 0.311 e. The molecule has 0 radical (unpaired) electrons. The van der Waals surface area contributed by atoms with Gasteiger partial charge in [-0.05, 0) is 32.4 Å². The second-order valence-corrected chi connectivity index (χ2v) is 7.90. The molecule has 1 N–H and O–H groups in total. The summed E-state index contributed by atoms with van der Waals surface area (Å²) in [5.74, 6) is 0. The number of benzene rings is 1. The number of nitrogens with one attached hydrogen (secondary N) is 1. The van der Waals surface area contributed by atoms with Crippen LogP contribution in [0.25, 0.3) is 10.8 Å². The summed E-state index contributed by atoms with van der Waals surface area (Å²) >= 11 is 0. The van der Waals surface area contributed by atoms with E-state index in [0.717, 1.165) is 16.3 Å². The zero-order valence-electron chi connectivity index (χ0n) is 13.1. The van der Waals surface area contributed by atoms with Gasteiger partial charge >= 0.3 is 0 Å². The van der Waals surface area contributed by atoms with Crippen LogP contribution in [0.5, 0.6) is 0 Å². The molecule has 5 nitrogen and oxygen atoms in total. The first-order valence-electron chi connectivity index (χ1n) is 7.50. The number of pyridine rings is 1. The Morgan fingerprint density at radius 3 is 2.82 bits per heavy atom. The van der Waals surface area contributed by atoms with E-state index in [2.05, 4.69) is 10.3 Å². The maximum atomic E-state index is 13.2. The third-order valence-electron chi connectivity index (χ3n) is 4.23. The van der Waals surface area contributed by atoms with E-state index in [-0.39, 0.29) is 12.1 Å². The molecule has 2 heterocycles. The van der Waals surface area contributed by atoms with E-state index in [9.17, 15) is 8.42 Å². The molecule has 1 aromatic carbocycles. The number of rotatable bonds is 2. The Morgan fingerprint density at radius 1 is 1.27 bits per heavy atom. The Balaban J connectivity index is 2.17. The van der Waals surface area contributed by atoms with Crippen molar-refractivity contribution < 1.29 is 8.42 Å². The fourth-order valence-electron chi connectivity index (χ4n) is 3.04. The molecule has 0 spiro atoms. The summed E-state index contributed by atoms with van der Waals surface area (Å²) in [6, 6.07) is 5.48. The van der Waals surface area contributed by atoms with Crippen LogP contribution in [0.15, 0.2) is 35.5 Å². The van der Waals surface area contributed by atoms with E-state index in [1.54, 1.807) is 28.8 Å². The second kappa shape index (κ2) is 5.61. The van der Waals surface area contributed by atoms with Crippen molar-refractivity contribution in [3.05, 3.63) is 36.2 Å². The first-order chi connectivity index (χ1) is 10.4. The molecule has 0 bridgehead atoms. The molecular formula is C16H21N3O2S. The normalized spacial score (nSPS) is 23.8. The summed E-state index contributed by atoms with van der Waals surface area (Å²) in [6.45, 7) is 7.01. The summed E-state index contributed by atoms with van der Waals surface area (Å²) in [6.07, 6.45) is 3.43. The molecule has 1 fully saturated rings. The average Bonchev–Trinajstić information content (AvgIpc) is 2.49. The van der Waals surface area contributed by atoms with Crippen molar-refractivity contribution in [1.29, 1.82) is 0 Å². The Bertz CT molecular complexity index is 799. The summed E-state index contributed by atoms with van der Waals surface area (Å²) < 4.78 is 28.0. The highest BCUT2D eigenvalue weighted by molar-refractivity contribution is 7.89. The van der Waals surface area contributed by atoms with Gasteiger partial charge in [-0.3, -0.25) is 4.98 Å². The van der Waals surface area contributed by atoms with Crippen LogP contribution in [0.4, 0.5) is 0 Å². The van der Waals surface area contributed by atoms with Gasteiger partial charge in [-0.2, -0.15) is 4.31 Å². The van der Waals surface area contributed by atoms with Crippen molar-refractivity contribution in [3.63, 3.8) is 0 Å². The molecule has 0 unspecified atom stereocenters. The van der Waals surface area contributed by atoms with Gasteiger partial charge < -0.3 is 5.32 Å². The minimum atomic E-state index is -3.53. The number of aryl methyl sites for hydroxylation is 1. The SMILES string of the molecule is Cc1cncc2cccc(S(=O)(=O)N3C[C@H](C)NC[C@@H]3C)c12. The van der Waals surface area contributed by atoms with E-state index in [1.165, 1.54) is 0 Å². The zero-order chi connectivity index (χ0) is 15.9. The molecule has 3 rings (SSSR count). The lowest BCUT2D eigenvalue weighted by Gasteiger charge is -2.36. The number of piperazine rings is 1. The summed E-state index contributed by atoms with van der Waals surface area (Å²) in [7, 11) is -3.53. The molecule has 1 aliphatic rings. The molecule has 0 aliphatic carbocycles. The van der Waals surface area contributed by atoms with Crippen LogP contribution < -0.4 is 5.32 Å². The number of fused-ring (bicyclic) bond motifs is 1. The van der Waals surface area contributed by atoms with Gasteiger partial charge in [0.1, 0.15) is 0 Å². The van der Waals surface area contributed by atoms with Gasteiger partial charge in [-0.25, -0.2) is 8.42 Å². The smallest absolute Gasteiger partial charge is 0.244 e. The molecule has 2 aromatic rings. The molecule has 1 saturated heterocycles. The second-order valence-electron chi connectivity index (χ2n) is 6.04. The van der Waals surface area contributed by atoms with Crippen LogP contribution >= 0.6 is 0 Å². The molecule has 2 atom stereocenters. The van der Waals surface area contributed by atoms with Crippen LogP contribution in [0.3, 0.4) is 0 Å². The Kier molecular flexibility index (Phi) is 3.92. The quantitative estimate of drug-likeness (QED) is 0.918. The lowest BCUT2D eigenvalue weighted by molar-refractivity contribution is 0.245. The molecule has 22 heavy (non-hydrogen) atoms. The van der Waals surface area contributed by atoms with Gasteiger partial charge in [0, 0.05) is 48.3 Å². The molecule has 1 aromatic heterocycles. The van der Waals surface area contributed by atoms with Gasteiger partial charge in [0.2, 0.25) is 10.0 Å². The van der Waals surface area contributed by atoms with Crippen LogP contribution in [0, 0.1) is 6.92 Å². The van der Waals surface area contributed by atoms with E-state index < -0.39 is 10.0 Å². The lowest BCUT2D eigenvalue weighted by Crippen LogP contribution is -2.56. The predicted molar refractivity (Wildman–Crippen MR) is 87.3 cm³/mol. The summed E-state index contributed by atoms with van der Waals surface area (Å²) in [4.78, 5) is 4.54. The lowest BCUT2D eigenvalue weighted by atomic mass is 10.1. The van der Waals surface area contributed by atoms with E-state index in [0.29, 0.717) is 18.0 Å². The zero-order valence-corrected chi connectivity index (χ0v) is 13.9. The highest BCUT2D eigenvalue weighted by Gasteiger charge is 2.34. The van der Waals surface area contributed by atoms with Gasteiger partial charge in [-0.15, -0.1) is 0 Å². The van der Waals surface area contributed by atoms with Crippen LogP contribution in [-0.4, -0.2) is 42.9 Å². The number of hydrogen-bond donors (Lipinski definition) is 1. The van der Waals surface area contributed by atoms with E-state index in [1.807, 2.05) is 26.8 Å². The maximum Gasteiger partial charge on any atom is 0.244 e. The topological polar surface area (TPSA) is 62.3 Å². The first-order valence-corrected chi connectivity index (χ1v) is 8.94. The maximum absolute atomic E-state index is 13.2. The van der Waals surface area contributed by atoms with Gasteiger partial charge in [-0.1, -0.05) is 12.1 Å². The standard InChI is InChI=1S/C16H21N3O2S/c1-11-7-17-9-14-5-4-6-15(16(11)14)22(20,21)19-10-12(2)18-8-13(19)3/h4-7,9,12-13,18H,8,10H2,1-3H3/t12-,13-/m0/s1. The number of sulfonamides is 1. The number of hydrogen-bond acceptors (Lipinski definition) is 4. The monoisotopic (exact) mass is 319 g/mol. The minimum Gasteiger partial charge on any atom is -0.311 e. The average molecular weight is 319 g/mol. The fraction of sp³-hybridized carbons (Fsp3) is 0.438. The third kappa shape index (κ3) is 2.51. The summed E-state index contributed by atoms with van der Waals surface area (Å²) in [5, 5.41) is 4.95. The van der Waals surface area contributed by atoms with Crippen molar-refractivity contribution in [2.24, 2.45) is 0 Å². The Labute approximate surface area is 131 Å². The summed E-state index contributed by atoms with van der Waals surface area (Å²) in [5.41, 5.74) is 0.882. The van der Waals surface area contributed by atoms with Crippen molar-refractivity contribution in [2.75, 3.05) is 13.1 Å². The van der Waals surface area contributed by atoms with Crippen molar-refractivity contribution in [2.45, 2.75) is 37.8 Å². The Hall–Kier alpha value is -1.50. The molecule has 0 amide bonds. The Morgan fingerprint density at radius 2 is 2.05 bits per heavy atom. The molecule has 0 saturated carbocycles. The van der Waals surface area contributed by atoms with Crippen LogP contribution in [-0.2, 0) is 10.0 Å². The molecular weight excluding hydrogens is 298 g/mol. The van der Waals surface area contributed by atoms with Crippen molar-refractivity contribution >= 4 is 20.8 Å². The molecule has 118 valence electrons. The number of nitrogens with zero attached hydrogens (tertiary/aromatic N) is 2. The third-order valence-corrected chi connectivity index (χ3v) is 6.25. The van der Waals surface area contributed by atoms with Gasteiger partial charge in [0.05, 0.1) is 4.90 Å². The highest BCUT2D eigenvalue weighted by Crippen LogP contribution is 2.29. The van der Waals surface area contributed by atoms with E-state index >= 15 is 0 Å². The van der Waals surface area contributed by atoms with Gasteiger partial charge in [0.25, 0.3) is 0 Å². The predicted octanol–water partition coefficient (Wildman–Crippen LogP) is 1.91. The molecule has 6 heteroatoms. The fourth-order valence-corrected chi connectivity index (χ4v) is 5.04. The van der Waals surface area contributed by atoms with E-state index in [4.69, 9.17) is 0 Å². The van der Waals surface area contributed by atoms with Crippen LogP contribution in [0.2, 0.25) is 0 Å². The molecule has 1 aliphatic heterocycles. The first kappa shape index (κ1) is 15.4. The van der Waals surface area contributed by atoms with Crippen LogP contribution in [0.1, 0.15) is 19.4 Å². The van der Waals surface area contributed by atoms with Gasteiger partial charge in [0.15, 0.2) is 0 Å².